The van der Waals surface area contributed by atoms with Gasteiger partial charge in [-0.25, -0.2) is 9.78 Å². The van der Waals surface area contributed by atoms with Gasteiger partial charge in [0, 0.05) is 6.92 Å². The minimum absolute atomic E-state index is 0.187. The average molecular weight is 334 g/mol. The number of rotatable bonds is 3. The van der Waals surface area contributed by atoms with Crippen LogP contribution in [-0.4, -0.2) is 46.4 Å². The Kier molecular flexibility index (Phi) is 3.12. The number of hydroxylamine groups is 2. The Balaban J connectivity index is 1.94. The van der Waals surface area contributed by atoms with E-state index >= 15 is 0 Å². The molecule has 0 spiro atoms. The van der Waals surface area contributed by atoms with Gasteiger partial charge in [0.25, 0.3) is 0 Å². The van der Waals surface area contributed by atoms with Crippen molar-refractivity contribution in [3.63, 3.8) is 0 Å². The number of aromatic nitrogens is 1. The van der Waals surface area contributed by atoms with E-state index in [2.05, 4.69) is 14.6 Å². The van der Waals surface area contributed by atoms with Crippen LogP contribution >= 0.6 is 11.3 Å². The number of hydrogen-bond donors (Lipinski definition) is 2. The number of nitrogens with one attached hydrogen (secondary N) is 1. The summed E-state index contributed by atoms with van der Waals surface area (Å²) in [6.45, 7) is 1.75. The summed E-state index contributed by atoms with van der Waals surface area (Å²) in [5.74, 6) is -0.284. The van der Waals surface area contributed by atoms with Crippen molar-refractivity contribution >= 4 is 38.8 Å². The topological polar surface area (TPSA) is 129 Å². The molecule has 10 nitrogen and oxygen atoms in total. The number of carbonyl (C=O) groups excluding carboxylic acids is 2. The molecule has 2 bridgehead atoms. The second-order valence-electron chi connectivity index (χ2n) is 4.52. The lowest BCUT2D eigenvalue weighted by atomic mass is 10.1. The second kappa shape index (κ2) is 4.62. The minimum atomic E-state index is -4.80. The zero-order valence-corrected chi connectivity index (χ0v) is 12.3. The molecule has 2 aliphatic rings. The predicted molar refractivity (Wildman–Crippen MR) is 69.4 cm³/mol. The quantitative estimate of drug-likeness (QED) is 0.751. The molecule has 21 heavy (non-hydrogen) atoms. The highest BCUT2D eigenvalue weighted by atomic mass is 32.3. The van der Waals surface area contributed by atoms with Gasteiger partial charge in [0.1, 0.15) is 6.04 Å². The number of urea groups is 1. The zero-order chi connectivity index (χ0) is 15.4. The SMILES string of the molecule is CC(=O)Nc1nc2c(s1)C1CN(C2)C(=O)N1OS(=O)(=O)O. The molecule has 0 aromatic carbocycles. The van der Waals surface area contributed by atoms with Crippen molar-refractivity contribution in [2.45, 2.75) is 19.5 Å². The maximum atomic E-state index is 12.0. The summed E-state index contributed by atoms with van der Waals surface area (Å²) in [6.07, 6.45) is 0. The third kappa shape index (κ3) is 2.57. The first-order chi connectivity index (χ1) is 9.74. The normalized spacial score (nSPS) is 20.7. The van der Waals surface area contributed by atoms with Crippen molar-refractivity contribution in [3.05, 3.63) is 10.6 Å². The number of amides is 3. The molecule has 0 saturated carbocycles. The van der Waals surface area contributed by atoms with E-state index in [1.54, 1.807) is 0 Å². The highest BCUT2D eigenvalue weighted by molar-refractivity contribution is 7.80. The van der Waals surface area contributed by atoms with Gasteiger partial charge in [-0.3, -0.25) is 9.35 Å². The maximum Gasteiger partial charge on any atom is 0.418 e. The third-order valence-corrected chi connectivity index (χ3v) is 4.43. The molecule has 1 fully saturated rings. The molecule has 1 aromatic heterocycles. The predicted octanol–water partition coefficient (Wildman–Crippen LogP) is 0.128. The Bertz CT molecular complexity index is 729. The summed E-state index contributed by atoms with van der Waals surface area (Å²) >= 11 is 1.13. The maximum absolute atomic E-state index is 12.0. The van der Waals surface area contributed by atoms with Gasteiger partial charge in [0.05, 0.1) is 23.7 Å². The van der Waals surface area contributed by atoms with Gasteiger partial charge in [-0.05, 0) is 0 Å². The molecular formula is C9H10N4O6S2. The summed E-state index contributed by atoms with van der Waals surface area (Å²) in [6, 6.07) is -1.35. The van der Waals surface area contributed by atoms with Crippen molar-refractivity contribution in [3.8, 4) is 0 Å². The molecule has 0 aliphatic carbocycles. The molecule has 1 saturated heterocycles. The summed E-state index contributed by atoms with van der Waals surface area (Å²) in [7, 11) is -4.80. The molecule has 3 heterocycles. The van der Waals surface area contributed by atoms with E-state index in [4.69, 9.17) is 4.55 Å². The molecule has 0 radical (unpaired) electrons. The lowest BCUT2D eigenvalue weighted by Gasteiger charge is -2.20. The fraction of sp³-hybridized carbons (Fsp3) is 0.444. The molecule has 114 valence electrons. The summed E-state index contributed by atoms with van der Waals surface area (Å²) < 4.78 is 34.8. The molecule has 2 N–H and O–H groups in total. The van der Waals surface area contributed by atoms with E-state index in [-0.39, 0.29) is 19.0 Å². The lowest BCUT2D eigenvalue weighted by Crippen LogP contribution is -2.32. The largest absolute Gasteiger partial charge is 0.418 e. The van der Waals surface area contributed by atoms with Crippen molar-refractivity contribution in [2.75, 3.05) is 11.9 Å². The molecule has 3 amide bonds. The Morgan fingerprint density at radius 3 is 2.90 bits per heavy atom. The molecule has 1 aromatic rings. The third-order valence-electron chi connectivity index (χ3n) is 2.96. The first-order valence-corrected chi connectivity index (χ1v) is 7.95. The lowest BCUT2D eigenvalue weighted by molar-refractivity contribution is -0.114. The highest BCUT2D eigenvalue weighted by Gasteiger charge is 2.47. The van der Waals surface area contributed by atoms with Gasteiger partial charge in [0.15, 0.2) is 5.13 Å². The number of nitrogens with zero attached hydrogens (tertiary/aromatic N) is 3. The first kappa shape index (κ1) is 14.2. The Morgan fingerprint density at radius 1 is 1.57 bits per heavy atom. The van der Waals surface area contributed by atoms with Crippen LogP contribution in [0.15, 0.2) is 0 Å². The molecule has 2 aliphatic heterocycles. The molecule has 12 heteroatoms. The Morgan fingerprint density at radius 2 is 2.29 bits per heavy atom. The Hall–Kier alpha value is -1.76. The van der Waals surface area contributed by atoms with Crippen LogP contribution in [0.4, 0.5) is 9.93 Å². The van der Waals surface area contributed by atoms with E-state index in [1.165, 1.54) is 11.8 Å². The van der Waals surface area contributed by atoms with E-state index in [0.29, 0.717) is 20.8 Å². The van der Waals surface area contributed by atoms with E-state index in [1.807, 2.05) is 0 Å². The van der Waals surface area contributed by atoms with Crippen molar-refractivity contribution < 1.29 is 26.8 Å². The van der Waals surface area contributed by atoms with Gasteiger partial charge in [-0.2, -0.15) is 13.5 Å². The zero-order valence-electron chi connectivity index (χ0n) is 10.6. The number of thiazole rings is 1. The van der Waals surface area contributed by atoms with Crippen LogP contribution in [0.2, 0.25) is 0 Å². The van der Waals surface area contributed by atoms with Crippen molar-refractivity contribution in [1.82, 2.24) is 14.9 Å². The number of anilines is 1. The summed E-state index contributed by atoms with van der Waals surface area (Å²) in [5, 5.41) is 3.50. The average Bonchev–Trinajstić information content (AvgIpc) is 2.83. The van der Waals surface area contributed by atoms with Gasteiger partial charge in [0.2, 0.25) is 5.91 Å². The van der Waals surface area contributed by atoms with E-state index in [9.17, 15) is 18.0 Å². The van der Waals surface area contributed by atoms with E-state index < -0.39 is 22.5 Å². The highest BCUT2D eigenvalue weighted by Crippen LogP contribution is 2.42. The van der Waals surface area contributed by atoms with Crippen molar-refractivity contribution in [2.24, 2.45) is 0 Å². The fourth-order valence-corrected chi connectivity index (χ4v) is 3.73. The van der Waals surface area contributed by atoms with Crippen LogP contribution in [0.3, 0.4) is 0 Å². The molecule has 3 rings (SSSR count). The molecule has 1 unspecified atom stereocenters. The molecular weight excluding hydrogens is 324 g/mol. The van der Waals surface area contributed by atoms with Crippen LogP contribution in [-0.2, 0) is 26.0 Å². The number of carbonyl (C=O) groups is 2. The van der Waals surface area contributed by atoms with Crippen LogP contribution in [0.25, 0.3) is 0 Å². The summed E-state index contributed by atoms with van der Waals surface area (Å²) in [4.78, 5) is 29.1. The van der Waals surface area contributed by atoms with Crippen LogP contribution in [0.5, 0.6) is 0 Å². The standard InChI is InChI=1S/C9H10N4O6S2/c1-4(14)10-8-11-5-2-12-3-6(7(5)20-8)13(9(12)15)19-21(16,17)18/h6H,2-3H2,1H3,(H,10,11,14)(H,16,17,18). The van der Waals surface area contributed by atoms with Gasteiger partial charge in [-0.15, -0.1) is 4.28 Å². The van der Waals surface area contributed by atoms with Crippen LogP contribution in [0, 0.1) is 0 Å². The Labute approximate surface area is 123 Å². The first-order valence-electron chi connectivity index (χ1n) is 5.77. The number of fused-ring (bicyclic) bond motifs is 4. The van der Waals surface area contributed by atoms with Gasteiger partial charge in [-0.1, -0.05) is 11.3 Å². The van der Waals surface area contributed by atoms with E-state index in [0.717, 1.165) is 11.3 Å². The van der Waals surface area contributed by atoms with Crippen LogP contribution in [0.1, 0.15) is 23.5 Å². The van der Waals surface area contributed by atoms with Gasteiger partial charge < -0.3 is 10.2 Å². The number of hydrogen-bond acceptors (Lipinski definition) is 7. The molecule has 1 atom stereocenters. The fourth-order valence-electron chi connectivity index (χ4n) is 2.26. The summed E-state index contributed by atoms with van der Waals surface area (Å²) in [5.41, 5.74) is 0.565. The monoisotopic (exact) mass is 334 g/mol. The van der Waals surface area contributed by atoms with Crippen molar-refractivity contribution in [1.29, 1.82) is 0 Å². The van der Waals surface area contributed by atoms with Crippen LogP contribution < -0.4 is 5.32 Å². The smallest absolute Gasteiger partial charge is 0.314 e. The second-order valence-corrected chi connectivity index (χ2v) is 6.55. The minimum Gasteiger partial charge on any atom is -0.314 e. The van der Waals surface area contributed by atoms with Gasteiger partial charge >= 0.3 is 16.4 Å².